The van der Waals surface area contributed by atoms with Gasteiger partial charge in [-0.3, -0.25) is 9.89 Å². The first-order valence-corrected chi connectivity index (χ1v) is 9.66. The normalized spacial score (nSPS) is 10.7. The van der Waals surface area contributed by atoms with Gasteiger partial charge in [0, 0.05) is 29.3 Å². The van der Waals surface area contributed by atoms with Gasteiger partial charge in [0.15, 0.2) is 0 Å². The molecule has 7 heteroatoms. The summed E-state index contributed by atoms with van der Waals surface area (Å²) in [7, 11) is 3.36. The van der Waals surface area contributed by atoms with Crippen LogP contribution in [0.15, 0.2) is 53.0 Å². The predicted molar refractivity (Wildman–Crippen MR) is 110 cm³/mol. The SMILES string of the molecule is COc1ccc(Br)c(C(=O)N(C)CCCc2cc(-c3ccc(F)cc3)n[nH]2)c1. The monoisotopic (exact) mass is 445 g/mol. The van der Waals surface area contributed by atoms with Gasteiger partial charge in [-0.15, -0.1) is 0 Å². The number of nitrogens with zero attached hydrogens (tertiary/aromatic N) is 2. The van der Waals surface area contributed by atoms with Crippen molar-refractivity contribution >= 4 is 21.8 Å². The van der Waals surface area contributed by atoms with E-state index in [9.17, 15) is 9.18 Å². The number of halogens is 2. The van der Waals surface area contributed by atoms with Gasteiger partial charge >= 0.3 is 0 Å². The van der Waals surface area contributed by atoms with Crippen LogP contribution in [0.3, 0.4) is 0 Å². The molecule has 1 N–H and O–H groups in total. The molecule has 1 aromatic heterocycles. The fourth-order valence-electron chi connectivity index (χ4n) is 2.87. The van der Waals surface area contributed by atoms with Crippen LogP contribution >= 0.6 is 15.9 Å². The Balaban J connectivity index is 1.56. The Morgan fingerprint density at radius 1 is 1.21 bits per heavy atom. The van der Waals surface area contributed by atoms with Gasteiger partial charge in [0.25, 0.3) is 5.91 Å². The van der Waals surface area contributed by atoms with Crippen LogP contribution in [0.25, 0.3) is 11.3 Å². The number of carbonyl (C=O) groups is 1. The largest absolute Gasteiger partial charge is 0.497 e. The molecule has 0 saturated carbocycles. The second-order valence-corrected chi connectivity index (χ2v) is 7.32. The van der Waals surface area contributed by atoms with Crippen LogP contribution in [0.5, 0.6) is 5.75 Å². The van der Waals surface area contributed by atoms with Crippen LogP contribution in [-0.4, -0.2) is 41.7 Å². The molecule has 0 unspecified atom stereocenters. The van der Waals surface area contributed by atoms with Gasteiger partial charge in [-0.25, -0.2) is 4.39 Å². The first kappa shape index (κ1) is 20.1. The summed E-state index contributed by atoms with van der Waals surface area (Å²) in [6, 6.07) is 13.5. The minimum Gasteiger partial charge on any atom is -0.497 e. The number of nitrogens with one attached hydrogen (secondary N) is 1. The number of aryl methyl sites for hydroxylation is 1. The van der Waals surface area contributed by atoms with E-state index in [4.69, 9.17) is 4.74 Å². The maximum Gasteiger partial charge on any atom is 0.254 e. The zero-order valence-electron chi connectivity index (χ0n) is 15.7. The van der Waals surface area contributed by atoms with Gasteiger partial charge in [0.1, 0.15) is 11.6 Å². The molecule has 1 amide bonds. The molecule has 1 heterocycles. The topological polar surface area (TPSA) is 58.2 Å². The lowest BCUT2D eigenvalue weighted by molar-refractivity contribution is 0.0792. The first-order valence-electron chi connectivity index (χ1n) is 8.87. The van der Waals surface area contributed by atoms with Gasteiger partial charge in [0.2, 0.25) is 0 Å². The summed E-state index contributed by atoms with van der Waals surface area (Å²) >= 11 is 3.42. The molecule has 0 fully saturated rings. The van der Waals surface area contributed by atoms with Crippen molar-refractivity contribution in [3.8, 4) is 17.0 Å². The van der Waals surface area contributed by atoms with Gasteiger partial charge in [-0.1, -0.05) is 0 Å². The first-order chi connectivity index (χ1) is 13.5. The van der Waals surface area contributed by atoms with Crippen molar-refractivity contribution in [2.45, 2.75) is 12.8 Å². The molecule has 146 valence electrons. The molecule has 3 aromatic rings. The highest BCUT2D eigenvalue weighted by Gasteiger charge is 2.16. The number of amides is 1. The third-order valence-corrected chi connectivity index (χ3v) is 5.15. The molecule has 0 radical (unpaired) electrons. The molecule has 0 spiro atoms. The zero-order valence-corrected chi connectivity index (χ0v) is 17.3. The molecule has 0 aliphatic rings. The molecule has 2 aromatic carbocycles. The third kappa shape index (κ3) is 4.78. The summed E-state index contributed by atoms with van der Waals surface area (Å²) in [6.45, 7) is 0.605. The van der Waals surface area contributed by atoms with Crippen molar-refractivity contribution in [2.75, 3.05) is 20.7 Å². The van der Waals surface area contributed by atoms with Gasteiger partial charge in [-0.05, 0) is 77.3 Å². The standard InChI is InChI=1S/C21H21BrFN3O2/c1-26(21(27)18-13-17(28-2)9-10-19(18)22)11-3-4-16-12-20(25-24-16)14-5-7-15(23)8-6-14/h5-10,12-13H,3-4,11H2,1-2H3,(H,24,25). The fourth-order valence-corrected chi connectivity index (χ4v) is 3.28. The fraction of sp³-hybridized carbons (Fsp3) is 0.238. The van der Waals surface area contributed by atoms with E-state index in [0.29, 0.717) is 17.9 Å². The molecule has 3 rings (SSSR count). The van der Waals surface area contributed by atoms with Gasteiger partial charge < -0.3 is 9.64 Å². The number of aromatic amines is 1. The van der Waals surface area contributed by atoms with Crippen LogP contribution in [-0.2, 0) is 6.42 Å². The Morgan fingerprint density at radius 2 is 1.96 bits per heavy atom. The molecule has 28 heavy (non-hydrogen) atoms. The predicted octanol–water partition coefficient (Wildman–Crippen LogP) is 4.69. The van der Waals surface area contributed by atoms with Crippen LogP contribution in [0.4, 0.5) is 4.39 Å². The second kappa shape index (κ2) is 9.01. The molecule has 5 nitrogen and oxygen atoms in total. The van der Waals surface area contributed by atoms with Crippen molar-refractivity contribution in [2.24, 2.45) is 0 Å². The minimum absolute atomic E-state index is 0.0672. The van der Waals surface area contributed by atoms with Crippen molar-refractivity contribution in [3.63, 3.8) is 0 Å². The molecule has 0 saturated heterocycles. The number of carbonyl (C=O) groups excluding carboxylic acids is 1. The zero-order chi connectivity index (χ0) is 20.1. The summed E-state index contributed by atoms with van der Waals surface area (Å²) in [5.41, 5.74) is 3.18. The summed E-state index contributed by atoms with van der Waals surface area (Å²) in [6.07, 6.45) is 1.54. The van der Waals surface area contributed by atoms with Crippen molar-refractivity contribution in [1.82, 2.24) is 15.1 Å². The summed E-state index contributed by atoms with van der Waals surface area (Å²) in [4.78, 5) is 14.4. The van der Waals surface area contributed by atoms with Crippen molar-refractivity contribution < 1.29 is 13.9 Å². The molecule has 0 atom stereocenters. The molecule has 0 aliphatic heterocycles. The van der Waals surface area contributed by atoms with Crippen LogP contribution in [0, 0.1) is 5.82 Å². The number of H-pyrrole nitrogens is 1. The summed E-state index contributed by atoms with van der Waals surface area (Å²) in [5.74, 6) is 0.308. The summed E-state index contributed by atoms with van der Waals surface area (Å²) < 4.78 is 19.0. The van der Waals surface area contributed by atoms with Gasteiger partial charge in [-0.2, -0.15) is 5.10 Å². The lowest BCUT2D eigenvalue weighted by Crippen LogP contribution is -2.28. The molecule has 0 aliphatic carbocycles. The molecular weight excluding hydrogens is 425 g/mol. The second-order valence-electron chi connectivity index (χ2n) is 6.46. The lowest BCUT2D eigenvalue weighted by Gasteiger charge is -2.18. The van der Waals surface area contributed by atoms with E-state index in [1.54, 1.807) is 43.3 Å². The Bertz CT molecular complexity index is 957. The van der Waals surface area contributed by atoms with Crippen LogP contribution < -0.4 is 4.74 Å². The number of methoxy groups -OCH3 is 1. The van der Waals surface area contributed by atoms with E-state index in [1.165, 1.54) is 12.1 Å². The quantitative estimate of drug-likeness (QED) is 0.573. The number of aromatic nitrogens is 2. The Morgan fingerprint density at radius 3 is 2.68 bits per heavy atom. The highest BCUT2D eigenvalue weighted by atomic mass is 79.9. The van der Waals surface area contributed by atoms with E-state index >= 15 is 0 Å². The summed E-state index contributed by atoms with van der Waals surface area (Å²) in [5, 5.41) is 7.29. The van der Waals surface area contributed by atoms with E-state index in [0.717, 1.165) is 34.3 Å². The number of hydrogen-bond donors (Lipinski definition) is 1. The Hall–Kier alpha value is -2.67. The average Bonchev–Trinajstić information content (AvgIpc) is 3.17. The number of rotatable bonds is 7. The van der Waals surface area contributed by atoms with Crippen LogP contribution in [0.1, 0.15) is 22.5 Å². The van der Waals surface area contributed by atoms with Crippen molar-refractivity contribution in [3.05, 3.63) is 70.1 Å². The van der Waals surface area contributed by atoms with Crippen LogP contribution in [0.2, 0.25) is 0 Å². The molecule has 0 bridgehead atoms. The van der Waals surface area contributed by atoms with E-state index < -0.39 is 0 Å². The van der Waals surface area contributed by atoms with E-state index in [-0.39, 0.29) is 11.7 Å². The minimum atomic E-state index is -0.269. The van der Waals surface area contributed by atoms with E-state index in [2.05, 4.69) is 26.1 Å². The third-order valence-electron chi connectivity index (χ3n) is 4.46. The Kier molecular flexibility index (Phi) is 6.46. The highest BCUT2D eigenvalue weighted by molar-refractivity contribution is 9.10. The van der Waals surface area contributed by atoms with Crippen molar-refractivity contribution in [1.29, 1.82) is 0 Å². The average molecular weight is 446 g/mol. The number of benzene rings is 2. The maximum atomic E-state index is 13.0. The highest BCUT2D eigenvalue weighted by Crippen LogP contribution is 2.24. The number of ether oxygens (including phenoxy) is 1. The lowest BCUT2D eigenvalue weighted by atomic mass is 10.1. The van der Waals surface area contributed by atoms with E-state index in [1.807, 2.05) is 12.1 Å². The maximum absolute atomic E-state index is 13.0. The smallest absolute Gasteiger partial charge is 0.254 e. The Labute approximate surface area is 171 Å². The number of hydrogen-bond acceptors (Lipinski definition) is 3. The molecular formula is C21H21BrFN3O2. The van der Waals surface area contributed by atoms with Gasteiger partial charge in [0.05, 0.1) is 18.4 Å².